The van der Waals surface area contributed by atoms with E-state index in [1.165, 1.54) is 30.7 Å². The molecule has 0 aliphatic carbocycles. The Kier molecular flexibility index (Phi) is 5.00. The predicted octanol–water partition coefficient (Wildman–Crippen LogP) is 4.99. The zero-order valence-electron chi connectivity index (χ0n) is 17.3. The van der Waals surface area contributed by atoms with Crippen LogP contribution in [-0.4, -0.2) is 34.0 Å². The van der Waals surface area contributed by atoms with Gasteiger partial charge in [-0.2, -0.15) is 26.3 Å². The fourth-order valence-corrected chi connectivity index (χ4v) is 4.67. The minimum atomic E-state index is -4.75. The van der Waals surface area contributed by atoms with Crippen molar-refractivity contribution >= 4 is 31.9 Å². The van der Waals surface area contributed by atoms with Crippen LogP contribution >= 0.6 is 0 Å². The normalized spacial score (nSPS) is 14.8. The summed E-state index contributed by atoms with van der Waals surface area (Å²) in [7, 11) is -0.869. The van der Waals surface area contributed by atoms with Crippen LogP contribution in [0.1, 0.15) is 18.3 Å². The summed E-state index contributed by atoms with van der Waals surface area (Å²) in [6, 6.07) is 3.21. The molecule has 0 aliphatic heterocycles. The van der Waals surface area contributed by atoms with E-state index in [2.05, 4.69) is 15.0 Å². The average Bonchev–Trinajstić information content (AvgIpc) is 3.23. The van der Waals surface area contributed by atoms with Crippen molar-refractivity contribution in [1.82, 2.24) is 24.1 Å². The number of imidazole rings is 2. The molecule has 4 rings (SSSR count). The van der Waals surface area contributed by atoms with Crippen LogP contribution in [0.2, 0.25) is 0 Å². The van der Waals surface area contributed by atoms with Gasteiger partial charge in [0.1, 0.15) is 11.3 Å². The highest BCUT2D eigenvalue weighted by molar-refractivity contribution is 7.92. The first-order chi connectivity index (χ1) is 15.1. The molecule has 3 heterocycles. The van der Waals surface area contributed by atoms with Gasteiger partial charge in [-0.1, -0.05) is 6.92 Å². The number of alkyl halides is 6. The molecule has 4 aromatic rings. The molecule has 0 radical (unpaired) electrons. The van der Waals surface area contributed by atoms with Crippen molar-refractivity contribution in [3.63, 3.8) is 0 Å². The number of nitrogens with one attached hydrogen (secondary N) is 1. The molecule has 0 bridgehead atoms. The molecule has 14 heteroatoms. The molecule has 0 saturated heterocycles. The van der Waals surface area contributed by atoms with E-state index in [4.69, 9.17) is 4.78 Å². The van der Waals surface area contributed by atoms with Crippen molar-refractivity contribution in [3.05, 3.63) is 35.8 Å². The van der Waals surface area contributed by atoms with Gasteiger partial charge in [-0.15, -0.1) is 0 Å². The molecule has 1 N–H and O–H groups in total. The fraction of sp³-hybridized carbons (Fsp3) is 0.316. The number of aryl methyl sites for hydroxylation is 2. The van der Waals surface area contributed by atoms with Crippen LogP contribution in [0.3, 0.4) is 0 Å². The smallest absolute Gasteiger partial charge is 0.323 e. The van der Waals surface area contributed by atoms with Crippen LogP contribution in [0, 0.1) is 4.78 Å². The van der Waals surface area contributed by atoms with Crippen LogP contribution in [0.15, 0.2) is 29.3 Å². The Balaban J connectivity index is 2.06. The lowest BCUT2D eigenvalue weighted by Gasteiger charge is -2.12. The molecule has 0 spiro atoms. The van der Waals surface area contributed by atoms with Crippen molar-refractivity contribution in [2.24, 2.45) is 14.1 Å². The third-order valence-corrected chi connectivity index (χ3v) is 7.14. The lowest BCUT2D eigenvalue weighted by Crippen LogP contribution is -2.12. The van der Waals surface area contributed by atoms with Crippen LogP contribution < -0.4 is 0 Å². The van der Waals surface area contributed by atoms with E-state index in [0.717, 1.165) is 17.7 Å². The fourth-order valence-electron chi connectivity index (χ4n) is 3.55. The monoisotopic (exact) mass is 490 g/mol. The largest absolute Gasteiger partial charge is 0.449 e. The Morgan fingerprint density at radius 1 is 0.970 bits per heavy atom. The Hall–Kier alpha value is -3.16. The topological polar surface area (TPSA) is 89.4 Å². The number of halogens is 6. The lowest BCUT2D eigenvalue weighted by atomic mass is 10.2. The number of rotatable bonds is 3. The maximum absolute atomic E-state index is 13.4. The molecule has 0 saturated carbocycles. The lowest BCUT2D eigenvalue weighted by molar-refractivity contribution is -0.146. The Bertz CT molecular complexity index is 1510. The molecular formula is C19H16F6N6OS. The summed E-state index contributed by atoms with van der Waals surface area (Å²) in [6.45, 7) is 1.49. The summed E-state index contributed by atoms with van der Waals surface area (Å²) >= 11 is 0. The number of fused-ring (bicyclic) bond motifs is 2. The molecule has 3 aromatic heterocycles. The van der Waals surface area contributed by atoms with Gasteiger partial charge in [-0.25, -0.2) is 23.9 Å². The van der Waals surface area contributed by atoms with Crippen LogP contribution in [0.5, 0.6) is 0 Å². The molecule has 1 atom stereocenters. The average molecular weight is 490 g/mol. The Labute approximate surface area is 183 Å². The van der Waals surface area contributed by atoms with E-state index in [1.54, 1.807) is 0 Å². The van der Waals surface area contributed by atoms with Crippen LogP contribution in [-0.2, 0) is 36.2 Å². The van der Waals surface area contributed by atoms with Gasteiger partial charge in [0.15, 0.2) is 5.65 Å². The van der Waals surface area contributed by atoms with E-state index in [9.17, 15) is 30.6 Å². The summed E-state index contributed by atoms with van der Waals surface area (Å²) in [5.41, 5.74) is -1.11. The predicted molar refractivity (Wildman–Crippen MR) is 108 cm³/mol. The highest BCUT2D eigenvalue weighted by Crippen LogP contribution is 2.37. The number of benzene rings is 1. The van der Waals surface area contributed by atoms with Crippen LogP contribution in [0.4, 0.5) is 26.3 Å². The summed E-state index contributed by atoms with van der Waals surface area (Å²) in [6.07, 6.45) is -8.76. The minimum Gasteiger partial charge on any atom is -0.323 e. The van der Waals surface area contributed by atoms with Gasteiger partial charge in [-0.05, 0) is 18.2 Å². The summed E-state index contributed by atoms with van der Waals surface area (Å²) in [4.78, 5) is 11.5. The number of nitrogens with zero attached hydrogens (tertiary/aromatic N) is 5. The van der Waals surface area contributed by atoms with Crippen molar-refractivity contribution in [2.75, 3.05) is 5.75 Å². The Morgan fingerprint density at radius 3 is 2.21 bits per heavy atom. The first kappa shape index (κ1) is 23.0. The number of hydrogen-bond acceptors (Lipinski definition) is 5. The molecule has 7 nitrogen and oxygen atoms in total. The molecule has 0 aliphatic rings. The molecule has 0 amide bonds. The maximum atomic E-state index is 13.4. The molecular weight excluding hydrogens is 474 g/mol. The van der Waals surface area contributed by atoms with Gasteiger partial charge < -0.3 is 9.13 Å². The number of hydrogen-bond donors (Lipinski definition) is 1. The van der Waals surface area contributed by atoms with Gasteiger partial charge in [0.25, 0.3) is 0 Å². The van der Waals surface area contributed by atoms with Crippen molar-refractivity contribution < 1.29 is 30.6 Å². The zero-order valence-corrected chi connectivity index (χ0v) is 18.2. The first-order valence-electron chi connectivity index (χ1n) is 9.39. The highest BCUT2D eigenvalue weighted by atomic mass is 32.2. The third kappa shape index (κ3) is 3.71. The second-order valence-electron chi connectivity index (χ2n) is 7.35. The summed E-state index contributed by atoms with van der Waals surface area (Å²) < 4.78 is 103. The van der Waals surface area contributed by atoms with Gasteiger partial charge in [-0.3, -0.25) is 0 Å². The summed E-state index contributed by atoms with van der Waals surface area (Å²) in [5.74, 6) is -1.33. The Morgan fingerprint density at radius 2 is 1.64 bits per heavy atom. The highest BCUT2D eigenvalue weighted by Gasteiger charge is 2.37. The van der Waals surface area contributed by atoms with Gasteiger partial charge in [0.2, 0.25) is 5.82 Å². The number of aromatic nitrogens is 5. The van der Waals surface area contributed by atoms with E-state index in [-0.39, 0.29) is 44.2 Å². The molecule has 0 fully saturated rings. The minimum absolute atomic E-state index is 0.00126. The van der Waals surface area contributed by atoms with E-state index in [1.807, 2.05) is 0 Å². The molecule has 33 heavy (non-hydrogen) atoms. The van der Waals surface area contributed by atoms with E-state index < -0.39 is 33.5 Å². The maximum Gasteiger partial charge on any atom is 0.449 e. The molecule has 1 aromatic carbocycles. The van der Waals surface area contributed by atoms with Crippen molar-refractivity contribution in [1.29, 1.82) is 4.78 Å². The quantitative estimate of drug-likeness (QED) is 0.410. The SMILES string of the molecule is CCS(=N)(=O)c1cc2c(cc1-c1nc3cc(C(F)(F)F)cnc3n1C)nc(C(F)(F)F)n2C. The van der Waals surface area contributed by atoms with Gasteiger partial charge in [0.05, 0.1) is 31.2 Å². The van der Waals surface area contributed by atoms with E-state index >= 15 is 0 Å². The standard InChI is InChI=1S/C19H16F6N6OS/c1-4-33(26,32)14-7-13-11(29-17(30(13)2)19(23,24)25)6-10(14)15-28-12-5-9(18(20,21)22)8-27-16(12)31(15)3/h5-8,26H,4H2,1-3H3. The van der Waals surface area contributed by atoms with Gasteiger partial charge >= 0.3 is 12.4 Å². The van der Waals surface area contributed by atoms with Gasteiger partial charge in [0, 0.05) is 31.6 Å². The first-order valence-corrected chi connectivity index (χ1v) is 11.1. The van der Waals surface area contributed by atoms with Crippen molar-refractivity contribution in [2.45, 2.75) is 24.2 Å². The second kappa shape index (κ2) is 7.17. The molecule has 176 valence electrons. The van der Waals surface area contributed by atoms with E-state index in [0.29, 0.717) is 6.20 Å². The zero-order chi connectivity index (χ0) is 24.5. The summed E-state index contributed by atoms with van der Waals surface area (Å²) in [5, 5.41) is 0. The number of pyridine rings is 1. The van der Waals surface area contributed by atoms with Crippen molar-refractivity contribution in [3.8, 4) is 11.4 Å². The second-order valence-corrected chi connectivity index (χ2v) is 9.72. The third-order valence-electron chi connectivity index (χ3n) is 5.27. The van der Waals surface area contributed by atoms with Crippen LogP contribution in [0.25, 0.3) is 33.6 Å². The molecule has 1 unspecified atom stereocenters.